The van der Waals surface area contributed by atoms with Gasteiger partial charge in [0.1, 0.15) is 12.0 Å². The van der Waals surface area contributed by atoms with E-state index in [4.69, 9.17) is 4.74 Å². The van der Waals surface area contributed by atoms with E-state index >= 15 is 0 Å². The largest absolute Gasteiger partial charge is 0.491 e. The molecule has 0 aromatic heterocycles. The number of ether oxygens (including phenoxy) is 1. The van der Waals surface area contributed by atoms with Gasteiger partial charge in [0.2, 0.25) is 5.91 Å². The van der Waals surface area contributed by atoms with E-state index in [-0.39, 0.29) is 5.91 Å². The highest BCUT2D eigenvalue weighted by Gasteiger charge is 2.09. The minimum absolute atomic E-state index is 0.0972. The zero-order chi connectivity index (χ0) is 17.4. The first kappa shape index (κ1) is 17.7. The second-order valence-electron chi connectivity index (χ2n) is 5.76. The smallest absolute Gasteiger partial charge is 0.224 e. The van der Waals surface area contributed by atoms with Crippen molar-refractivity contribution in [2.75, 3.05) is 11.9 Å². The summed E-state index contributed by atoms with van der Waals surface area (Å²) in [7, 11) is 0. The van der Waals surface area contributed by atoms with Crippen LogP contribution in [0.4, 0.5) is 5.69 Å². The predicted molar refractivity (Wildman–Crippen MR) is 95.7 cm³/mol. The molecule has 1 amide bonds. The van der Waals surface area contributed by atoms with Crippen molar-refractivity contribution in [2.24, 2.45) is 0 Å². The van der Waals surface area contributed by atoms with Crippen molar-refractivity contribution < 1.29 is 14.3 Å². The Bertz CT molecular complexity index is 693. The highest BCUT2D eigenvalue weighted by molar-refractivity contribution is 5.93. The molecule has 24 heavy (non-hydrogen) atoms. The maximum absolute atomic E-state index is 12.2. The maximum Gasteiger partial charge on any atom is 0.224 e. The van der Waals surface area contributed by atoms with Crippen LogP contribution < -0.4 is 10.1 Å². The van der Waals surface area contributed by atoms with Gasteiger partial charge in [0.05, 0.1) is 12.3 Å². The normalized spacial score (nSPS) is 10.2. The van der Waals surface area contributed by atoms with Crippen molar-refractivity contribution in [3.63, 3.8) is 0 Å². The maximum atomic E-state index is 12.2. The minimum Gasteiger partial charge on any atom is -0.491 e. The zero-order valence-electron chi connectivity index (χ0n) is 14.2. The summed E-state index contributed by atoms with van der Waals surface area (Å²) in [5.41, 5.74) is 3.38. The first-order chi connectivity index (χ1) is 11.6. The number of nitrogens with one attached hydrogen (secondary N) is 1. The van der Waals surface area contributed by atoms with Gasteiger partial charge in [-0.15, -0.1) is 0 Å². The van der Waals surface area contributed by atoms with E-state index in [1.807, 2.05) is 38.1 Å². The molecule has 0 radical (unpaired) electrons. The summed E-state index contributed by atoms with van der Waals surface area (Å²) in [5.74, 6) is 0.492. The summed E-state index contributed by atoms with van der Waals surface area (Å²) < 4.78 is 5.63. The van der Waals surface area contributed by atoms with Gasteiger partial charge in [0.15, 0.2) is 0 Å². The molecule has 0 atom stereocenters. The van der Waals surface area contributed by atoms with Gasteiger partial charge < -0.3 is 10.1 Å². The van der Waals surface area contributed by atoms with Crippen LogP contribution in [0.1, 0.15) is 41.3 Å². The van der Waals surface area contributed by atoms with Crippen LogP contribution in [0.15, 0.2) is 42.5 Å². The lowest BCUT2D eigenvalue weighted by Crippen LogP contribution is -2.14. The molecule has 0 spiro atoms. The fourth-order valence-electron chi connectivity index (χ4n) is 2.28. The fraction of sp³-hybridized carbons (Fsp3) is 0.300. The fourth-order valence-corrected chi connectivity index (χ4v) is 2.28. The molecule has 126 valence electrons. The van der Waals surface area contributed by atoms with Crippen molar-refractivity contribution in [1.82, 2.24) is 0 Å². The molecule has 2 aromatic carbocycles. The number of anilines is 1. The minimum atomic E-state index is -0.0972. The second-order valence-corrected chi connectivity index (χ2v) is 5.76. The number of carbonyl (C=O) groups is 2. The molecule has 1 N–H and O–H groups in total. The van der Waals surface area contributed by atoms with Crippen LogP contribution >= 0.6 is 0 Å². The Balaban J connectivity index is 2.01. The number of hydrogen-bond donors (Lipinski definition) is 1. The van der Waals surface area contributed by atoms with Gasteiger partial charge in [-0.3, -0.25) is 9.59 Å². The average Bonchev–Trinajstić information content (AvgIpc) is 2.60. The molecule has 0 bridgehead atoms. The molecular formula is C20H23NO3. The van der Waals surface area contributed by atoms with E-state index in [9.17, 15) is 9.59 Å². The molecule has 0 unspecified atom stereocenters. The summed E-state index contributed by atoms with van der Waals surface area (Å²) >= 11 is 0. The Labute approximate surface area is 142 Å². The number of hydrogen-bond acceptors (Lipinski definition) is 3. The van der Waals surface area contributed by atoms with Gasteiger partial charge in [-0.2, -0.15) is 0 Å². The standard InChI is InChI=1S/C20H23NO3/c1-3-12-24-19-10-8-17(14-22)13-18(19)21-20(23)11-9-16-6-4-15(2)5-7-16/h4-8,10,13-14H,3,9,11-12H2,1-2H3,(H,21,23). The van der Waals surface area contributed by atoms with Crippen LogP contribution in [0, 0.1) is 6.92 Å². The third-order valence-corrected chi connectivity index (χ3v) is 3.64. The third-order valence-electron chi connectivity index (χ3n) is 3.64. The summed E-state index contributed by atoms with van der Waals surface area (Å²) in [6, 6.07) is 13.2. The molecule has 2 aromatic rings. The molecule has 0 saturated heterocycles. The SMILES string of the molecule is CCCOc1ccc(C=O)cc1NC(=O)CCc1ccc(C)cc1. The lowest BCUT2D eigenvalue weighted by atomic mass is 10.1. The predicted octanol–water partition coefficient (Wildman–Crippen LogP) is 4.17. The molecule has 0 fully saturated rings. The summed E-state index contributed by atoms with van der Waals surface area (Å²) in [6.07, 6.45) is 2.67. The van der Waals surface area contributed by atoms with Crippen LogP contribution in [-0.2, 0) is 11.2 Å². The zero-order valence-corrected chi connectivity index (χ0v) is 14.2. The van der Waals surface area contributed by atoms with E-state index in [1.54, 1.807) is 18.2 Å². The highest BCUT2D eigenvalue weighted by atomic mass is 16.5. The van der Waals surface area contributed by atoms with Crippen LogP contribution in [0.3, 0.4) is 0 Å². The molecule has 0 aliphatic heterocycles. The molecule has 0 heterocycles. The number of aryl methyl sites for hydroxylation is 2. The molecule has 0 saturated carbocycles. The van der Waals surface area contributed by atoms with Gasteiger partial charge in [-0.1, -0.05) is 36.8 Å². The van der Waals surface area contributed by atoms with E-state index in [0.717, 1.165) is 18.3 Å². The topological polar surface area (TPSA) is 55.4 Å². The van der Waals surface area contributed by atoms with Crippen LogP contribution in [0.5, 0.6) is 5.75 Å². The number of carbonyl (C=O) groups excluding carboxylic acids is 2. The third kappa shape index (κ3) is 5.23. The van der Waals surface area contributed by atoms with E-state index in [2.05, 4.69) is 5.32 Å². The number of aldehydes is 1. The van der Waals surface area contributed by atoms with Crippen LogP contribution in [0.25, 0.3) is 0 Å². The Morgan fingerprint density at radius 3 is 2.58 bits per heavy atom. The lowest BCUT2D eigenvalue weighted by Gasteiger charge is -2.13. The Hall–Kier alpha value is -2.62. The molecule has 2 rings (SSSR count). The summed E-state index contributed by atoms with van der Waals surface area (Å²) in [4.78, 5) is 23.2. The van der Waals surface area contributed by atoms with Gasteiger partial charge in [-0.25, -0.2) is 0 Å². The van der Waals surface area contributed by atoms with E-state index in [0.29, 0.717) is 36.4 Å². The Morgan fingerprint density at radius 1 is 1.17 bits per heavy atom. The summed E-state index contributed by atoms with van der Waals surface area (Å²) in [5, 5.41) is 2.85. The van der Waals surface area contributed by atoms with Gasteiger partial charge >= 0.3 is 0 Å². The lowest BCUT2D eigenvalue weighted by molar-refractivity contribution is -0.116. The number of amides is 1. The first-order valence-electron chi connectivity index (χ1n) is 8.19. The van der Waals surface area contributed by atoms with Crippen molar-refractivity contribution in [3.8, 4) is 5.75 Å². The van der Waals surface area contributed by atoms with Gasteiger partial charge in [0, 0.05) is 12.0 Å². The summed E-state index contributed by atoms with van der Waals surface area (Å²) in [6.45, 7) is 4.61. The Morgan fingerprint density at radius 2 is 1.92 bits per heavy atom. The monoisotopic (exact) mass is 325 g/mol. The number of rotatable bonds is 8. The average molecular weight is 325 g/mol. The van der Waals surface area contributed by atoms with Crippen molar-refractivity contribution >= 4 is 17.9 Å². The van der Waals surface area contributed by atoms with Crippen LogP contribution in [0.2, 0.25) is 0 Å². The molecule has 4 heteroatoms. The first-order valence-corrected chi connectivity index (χ1v) is 8.19. The molecular weight excluding hydrogens is 302 g/mol. The van der Waals surface area contributed by atoms with Crippen molar-refractivity contribution in [3.05, 3.63) is 59.2 Å². The molecule has 0 aliphatic carbocycles. The van der Waals surface area contributed by atoms with Gasteiger partial charge in [0.25, 0.3) is 0 Å². The van der Waals surface area contributed by atoms with E-state index in [1.165, 1.54) is 5.56 Å². The van der Waals surface area contributed by atoms with E-state index < -0.39 is 0 Å². The van der Waals surface area contributed by atoms with Crippen molar-refractivity contribution in [1.29, 1.82) is 0 Å². The van der Waals surface area contributed by atoms with Crippen molar-refractivity contribution in [2.45, 2.75) is 33.1 Å². The van der Waals surface area contributed by atoms with Crippen LogP contribution in [-0.4, -0.2) is 18.8 Å². The number of benzene rings is 2. The highest BCUT2D eigenvalue weighted by Crippen LogP contribution is 2.26. The Kier molecular flexibility index (Phi) is 6.55. The molecule has 4 nitrogen and oxygen atoms in total. The quantitative estimate of drug-likeness (QED) is 0.741. The van der Waals surface area contributed by atoms with Gasteiger partial charge in [-0.05, 0) is 43.5 Å². The second kappa shape index (κ2) is 8.87. The molecule has 0 aliphatic rings.